The zero-order chi connectivity index (χ0) is 18.2. The van der Waals surface area contributed by atoms with Crippen LogP contribution in [0.15, 0.2) is 22.7 Å². The number of benzene rings is 1. The van der Waals surface area contributed by atoms with E-state index in [0.717, 1.165) is 48.6 Å². The van der Waals surface area contributed by atoms with Crippen molar-refractivity contribution in [3.8, 4) is 5.75 Å². The van der Waals surface area contributed by atoms with Gasteiger partial charge in [0.05, 0.1) is 19.8 Å². The zero-order valence-electron chi connectivity index (χ0n) is 15.6. The van der Waals surface area contributed by atoms with E-state index in [0.29, 0.717) is 19.2 Å². The molecule has 0 aliphatic carbocycles. The molecule has 2 rings (SSSR count). The van der Waals surface area contributed by atoms with Crippen LogP contribution in [-0.4, -0.2) is 43.2 Å². The van der Waals surface area contributed by atoms with Crippen molar-refractivity contribution in [2.24, 2.45) is 5.92 Å². The van der Waals surface area contributed by atoms with Crippen LogP contribution < -0.4 is 4.74 Å². The third-order valence-corrected chi connectivity index (χ3v) is 5.80. The van der Waals surface area contributed by atoms with Gasteiger partial charge in [0.1, 0.15) is 5.75 Å². The molecule has 0 N–H and O–H groups in total. The largest absolute Gasteiger partial charge is 0.494 e. The highest BCUT2D eigenvalue weighted by atomic mass is 79.9. The summed E-state index contributed by atoms with van der Waals surface area (Å²) in [6.45, 7) is 8.77. The van der Waals surface area contributed by atoms with Crippen molar-refractivity contribution in [2.45, 2.75) is 52.5 Å². The zero-order valence-corrected chi connectivity index (χ0v) is 17.2. The Labute approximate surface area is 160 Å². The lowest BCUT2D eigenvalue weighted by atomic mass is 9.88. The van der Waals surface area contributed by atoms with E-state index in [2.05, 4.69) is 40.7 Å². The van der Waals surface area contributed by atoms with Crippen molar-refractivity contribution < 1.29 is 14.3 Å². The van der Waals surface area contributed by atoms with Gasteiger partial charge in [-0.05, 0) is 82.7 Å². The molecule has 4 nitrogen and oxygen atoms in total. The molecule has 0 radical (unpaired) electrons. The molecule has 0 saturated carbocycles. The molecule has 1 aromatic carbocycles. The molecule has 1 saturated heterocycles. The van der Waals surface area contributed by atoms with Crippen LogP contribution in [-0.2, 0) is 9.53 Å². The van der Waals surface area contributed by atoms with Gasteiger partial charge < -0.3 is 9.47 Å². The van der Waals surface area contributed by atoms with E-state index in [4.69, 9.17) is 9.47 Å². The van der Waals surface area contributed by atoms with Gasteiger partial charge in [0.25, 0.3) is 0 Å². The summed E-state index contributed by atoms with van der Waals surface area (Å²) in [5.41, 5.74) is 1.19. The Morgan fingerprint density at radius 3 is 2.88 bits per heavy atom. The molecule has 1 heterocycles. The Morgan fingerprint density at radius 2 is 2.20 bits per heavy atom. The van der Waals surface area contributed by atoms with E-state index >= 15 is 0 Å². The standard InChI is InChI=1S/C20H30BrNO3/c1-4-24-20(23)14-22-10-9-17(13-16(22)3)6-5-11-25-18-7-8-19(21)15(2)12-18/h7-8,12,16-17H,4-6,9-11,13-14H2,1-3H3/t16-,17+/m1/s1. The number of aryl methyl sites for hydroxylation is 1. The minimum absolute atomic E-state index is 0.106. The van der Waals surface area contributed by atoms with Crippen LogP contribution in [0.5, 0.6) is 5.75 Å². The Bertz CT molecular complexity index is 564. The van der Waals surface area contributed by atoms with Crippen molar-refractivity contribution in [1.29, 1.82) is 0 Å². The second kappa shape index (κ2) is 10.2. The van der Waals surface area contributed by atoms with E-state index in [9.17, 15) is 4.79 Å². The Balaban J connectivity index is 1.65. The van der Waals surface area contributed by atoms with E-state index < -0.39 is 0 Å². The van der Waals surface area contributed by atoms with Gasteiger partial charge in [-0.3, -0.25) is 9.69 Å². The fourth-order valence-electron chi connectivity index (χ4n) is 3.46. The maximum absolute atomic E-state index is 11.6. The topological polar surface area (TPSA) is 38.8 Å². The number of likely N-dealkylation sites (tertiary alicyclic amines) is 1. The van der Waals surface area contributed by atoms with Crippen molar-refractivity contribution >= 4 is 21.9 Å². The lowest BCUT2D eigenvalue weighted by Crippen LogP contribution is -2.43. The number of esters is 1. The SMILES string of the molecule is CCOC(=O)CN1CC[C@H](CCCOc2ccc(Br)c(C)c2)C[C@H]1C. The fourth-order valence-corrected chi connectivity index (χ4v) is 3.70. The predicted octanol–water partition coefficient (Wildman–Crippen LogP) is 4.58. The highest BCUT2D eigenvalue weighted by Gasteiger charge is 2.26. The average molecular weight is 412 g/mol. The summed E-state index contributed by atoms with van der Waals surface area (Å²) in [6.07, 6.45) is 4.56. The first-order valence-corrected chi connectivity index (χ1v) is 10.1. The van der Waals surface area contributed by atoms with E-state index in [1.54, 1.807) is 0 Å². The van der Waals surface area contributed by atoms with Crippen molar-refractivity contribution in [3.05, 3.63) is 28.2 Å². The molecule has 140 valence electrons. The molecule has 0 spiro atoms. The number of piperidine rings is 1. The van der Waals surface area contributed by atoms with Gasteiger partial charge in [-0.1, -0.05) is 15.9 Å². The molecular formula is C20H30BrNO3. The number of halogens is 1. The van der Waals surface area contributed by atoms with Crippen molar-refractivity contribution in [3.63, 3.8) is 0 Å². The first-order valence-electron chi connectivity index (χ1n) is 9.28. The molecule has 2 atom stereocenters. The molecular weight excluding hydrogens is 382 g/mol. The Hall–Kier alpha value is -1.07. The third kappa shape index (κ3) is 6.63. The quantitative estimate of drug-likeness (QED) is 0.463. The summed E-state index contributed by atoms with van der Waals surface area (Å²) in [6, 6.07) is 6.55. The molecule has 0 bridgehead atoms. The molecule has 1 aliphatic rings. The molecule has 25 heavy (non-hydrogen) atoms. The van der Waals surface area contributed by atoms with Gasteiger partial charge in [0.2, 0.25) is 0 Å². The minimum atomic E-state index is -0.106. The Kier molecular flexibility index (Phi) is 8.24. The summed E-state index contributed by atoms with van der Waals surface area (Å²) >= 11 is 3.51. The molecule has 1 fully saturated rings. The van der Waals surface area contributed by atoms with Crippen LogP contribution in [0.1, 0.15) is 45.1 Å². The number of carbonyl (C=O) groups is 1. The summed E-state index contributed by atoms with van der Waals surface area (Å²) in [5, 5.41) is 0. The van der Waals surface area contributed by atoms with Crippen LogP contribution in [0.3, 0.4) is 0 Å². The summed E-state index contributed by atoms with van der Waals surface area (Å²) in [5.74, 6) is 1.56. The van der Waals surface area contributed by atoms with Gasteiger partial charge in [-0.2, -0.15) is 0 Å². The maximum Gasteiger partial charge on any atom is 0.320 e. The first kappa shape index (κ1) is 20.2. The van der Waals surface area contributed by atoms with Gasteiger partial charge >= 0.3 is 5.97 Å². The molecule has 1 aromatic rings. The molecule has 1 aliphatic heterocycles. The van der Waals surface area contributed by atoms with Crippen molar-refractivity contribution in [2.75, 3.05) is 26.3 Å². The smallest absolute Gasteiger partial charge is 0.320 e. The second-order valence-corrected chi connectivity index (χ2v) is 7.77. The molecule has 0 aromatic heterocycles. The molecule has 5 heteroatoms. The fraction of sp³-hybridized carbons (Fsp3) is 0.650. The number of ether oxygens (including phenoxy) is 2. The average Bonchev–Trinajstić information content (AvgIpc) is 2.57. The van der Waals surface area contributed by atoms with Crippen LogP contribution in [0.4, 0.5) is 0 Å². The third-order valence-electron chi connectivity index (χ3n) is 4.91. The van der Waals surface area contributed by atoms with E-state index in [1.807, 2.05) is 19.1 Å². The number of hydrogen-bond acceptors (Lipinski definition) is 4. The van der Waals surface area contributed by atoms with Gasteiger partial charge in [-0.15, -0.1) is 0 Å². The number of rotatable bonds is 8. The van der Waals surface area contributed by atoms with Crippen LogP contribution in [0, 0.1) is 12.8 Å². The minimum Gasteiger partial charge on any atom is -0.494 e. The van der Waals surface area contributed by atoms with E-state index in [1.165, 1.54) is 12.0 Å². The lowest BCUT2D eigenvalue weighted by Gasteiger charge is -2.37. The first-order chi connectivity index (χ1) is 12.0. The normalized spacial score (nSPS) is 21.1. The number of nitrogens with zero attached hydrogens (tertiary/aromatic N) is 1. The second-order valence-electron chi connectivity index (χ2n) is 6.92. The highest BCUT2D eigenvalue weighted by Crippen LogP contribution is 2.27. The number of hydrogen-bond donors (Lipinski definition) is 0. The van der Waals surface area contributed by atoms with Crippen LogP contribution in [0.2, 0.25) is 0 Å². The highest BCUT2D eigenvalue weighted by molar-refractivity contribution is 9.10. The van der Waals surface area contributed by atoms with Crippen LogP contribution in [0.25, 0.3) is 0 Å². The van der Waals surface area contributed by atoms with Gasteiger partial charge in [0, 0.05) is 10.5 Å². The van der Waals surface area contributed by atoms with Crippen LogP contribution >= 0.6 is 15.9 Å². The lowest BCUT2D eigenvalue weighted by molar-refractivity contribution is -0.145. The predicted molar refractivity (Wildman–Crippen MR) is 104 cm³/mol. The van der Waals surface area contributed by atoms with Gasteiger partial charge in [0.15, 0.2) is 0 Å². The monoisotopic (exact) mass is 411 g/mol. The number of carbonyl (C=O) groups excluding carboxylic acids is 1. The summed E-state index contributed by atoms with van der Waals surface area (Å²) in [4.78, 5) is 13.9. The molecule has 0 amide bonds. The summed E-state index contributed by atoms with van der Waals surface area (Å²) < 4.78 is 12.0. The van der Waals surface area contributed by atoms with E-state index in [-0.39, 0.29) is 5.97 Å². The summed E-state index contributed by atoms with van der Waals surface area (Å²) in [7, 11) is 0. The Morgan fingerprint density at radius 1 is 1.40 bits per heavy atom. The van der Waals surface area contributed by atoms with Crippen molar-refractivity contribution in [1.82, 2.24) is 4.90 Å². The van der Waals surface area contributed by atoms with Gasteiger partial charge in [-0.25, -0.2) is 0 Å². The maximum atomic E-state index is 11.6. The molecule has 0 unspecified atom stereocenters.